The summed E-state index contributed by atoms with van der Waals surface area (Å²) >= 11 is 0. The van der Waals surface area contributed by atoms with Crippen LogP contribution in [0.4, 0.5) is 0 Å². The standard InChI is InChI=1S/C16H28N2O/c1-3-8-17-12-16-15(7-11-19-16)13-18-9-5-14(4-2)6-10-18/h7,11,14,17H,3-6,8-10,12-13H2,1-2H3. The number of rotatable bonds is 7. The van der Waals surface area contributed by atoms with Gasteiger partial charge in [0.05, 0.1) is 12.8 Å². The fraction of sp³-hybridized carbons (Fsp3) is 0.750. The summed E-state index contributed by atoms with van der Waals surface area (Å²) in [5.41, 5.74) is 1.36. The number of nitrogens with zero attached hydrogens (tertiary/aromatic N) is 1. The first-order chi connectivity index (χ1) is 9.33. The second-order valence-corrected chi connectivity index (χ2v) is 5.67. The van der Waals surface area contributed by atoms with Crippen molar-refractivity contribution in [1.82, 2.24) is 10.2 Å². The first-order valence-electron chi connectivity index (χ1n) is 7.81. The minimum atomic E-state index is 0.863. The van der Waals surface area contributed by atoms with Gasteiger partial charge in [-0.15, -0.1) is 0 Å². The van der Waals surface area contributed by atoms with Crippen LogP contribution in [0.25, 0.3) is 0 Å². The Morgan fingerprint density at radius 1 is 1.32 bits per heavy atom. The molecule has 0 amide bonds. The molecule has 0 atom stereocenters. The third-order valence-electron chi connectivity index (χ3n) is 4.23. The Bertz CT molecular complexity index is 353. The summed E-state index contributed by atoms with van der Waals surface area (Å²) in [5.74, 6) is 2.07. The Labute approximate surface area is 117 Å². The van der Waals surface area contributed by atoms with Crippen LogP contribution >= 0.6 is 0 Å². The number of furan rings is 1. The third kappa shape index (κ3) is 4.36. The van der Waals surface area contributed by atoms with Gasteiger partial charge >= 0.3 is 0 Å². The van der Waals surface area contributed by atoms with E-state index >= 15 is 0 Å². The maximum Gasteiger partial charge on any atom is 0.122 e. The maximum absolute atomic E-state index is 5.61. The number of hydrogen-bond donors (Lipinski definition) is 1. The molecule has 1 aromatic rings. The van der Waals surface area contributed by atoms with E-state index in [9.17, 15) is 0 Å². The molecule has 1 aliphatic heterocycles. The van der Waals surface area contributed by atoms with Crippen molar-refractivity contribution in [3.63, 3.8) is 0 Å². The van der Waals surface area contributed by atoms with Crippen LogP contribution in [0, 0.1) is 5.92 Å². The summed E-state index contributed by atoms with van der Waals surface area (Å²) in [6.45, 7) is 9.96. The van der Waals surface area contributed by atoms with Gasteiger partial charge in [-0.25, -0.2) is 0 Å². The van der Waals surface area contributed by atoms with E-state index in [0.717, 1.165) is 31.3 Å². The monoisotopic (exact) mass is 264 g/mol. The molecular weight excluding hydrogens is 236 g/mol. The molecule has 2 rings (SSSR count). The molecule has 2 heterocycles. The lowest BCUT2D eigenvalue weighted by Crippen LogP contribution is -2.33. The highest BCUT2D eigenvalue weighted by Crippen LogP contribution is 2.22. The van der Waals surface area contributed by atoms with Crippen LogP contribution in [0.5, 0.6) is 0 Å². The van der Waals surface area contributed by atoms with E-state index in [4.69, 9.17) is 4.42 Å². The Morgan fingerprint density at radius 3 is 2.79 bits per heavy atom. The molecule has 1 aliphatic rings. The average Bonchev–Trinajstić information content (AvgIpc) is 2.87. The predicted molar refractivity (Wildman–Crippen MR) is 79.0 cm³/mol. The van der Waals surface area contributed by atoms with Crippen molar-refractivity contribution < 1.29 is 4.42 Å². The van der Waals surface area contributed by atoms with Gasteiger partial charge in [0, 0.05) is 12.1 Å². The highest BCUT2D eigenvalue weighted by Gasteiger charge is 2.19. The van der Waals surface area contributed by atoms with E-state index in [2.05, 4.69) is 30.1 Å². The Kier molecular flexibility index (Phi) is 5.93. The number of nitrogens with one attached hydrogen (secondary N) is 1. The van der Waals surface area contributed by atoms with Crippen molar-refractivity contribution in [3.8, 4) is 0 Å². The van der Waals surface area contributed by atoms with Crippen LogP contribution < -0.4 is 5.32 Å². The lowest BCUT2D eigenvalue weighted by molar-refractivity contribution is 0.174. The summed E-state index contributed by atoms with van der Waals surface area (Å²) in [4.78, 5) is 2.57. The molecule has 0 radical (unpaired) electrons. The van der Waals surface area contributed by atoms with Gasteiger partial charge in [0.25, 0.3) is 0 Å². The highest BCUT2D eigenvalue weighted by atomic mass is 16.3. The predicted octanol–water partition coefficient (Wildman–Crippen LogP) is 3.40. The topological polar surface area (TPSA) is 28.4 Å². The molecule has 3 nitrogen and oxygen atoms in total. The van der Waals surface area contributed by atoms with Crippen LogP contribution in [0.15, 0.2) is 16.7 Å². The van der Waals surface area contributed by atoms with Gasteiger partial charge in [-0.1, -0.05) is 20.3 Å². The van der Waals surface area contributed by atoms with Crippen LogP contribution in [0.2, 0.25) is 0 Å². The van der Waals surface area contributed by atoms with E-state index < -0.39 is 0 Å². The van der Waals surface area contributed by atoms with E-state index in [0.29, 0.717) is 0 Å². The van der Waals surface area contributed by atoms with Crippen molar-refractivity contribution in [2.75, 3.05) is 19.6 Å². The minimum Gasteiger partial charge on any atom is -0.468 e. The first-order valence-corrected chi connectivity index (χ1v) is 7.81. The molecule has 1 fully saturated rings. The molecule has 1 saturated heterocycles. The SMILES string of the molecule is CCCNCc1occc1CN1CCC(CC)CC1. The van der Waals surface area contributed by atoms with Crippen molar-refractivity contribution in [3.05, 3.63) is 23.7 Å². The van der Waals surface area contributed by atoms with Gasteiger partial charge in [0.2, 0.25) is 0 Å². The summed E-state index contributed by atoms with van der Waals surface area (Å²) in [7, 11) is 0. The minimum absolute atomic E-state index is 0.863. The maximum atomic E-state index is 5.61. The zero-order valence-corrected chi connectivity index (χ0v) is 12.5. The zero-order valence-electron chi connectivity index (χ0n) is 12.5. The third-order valence-corrected chi connectivity index (χ3v) is 4.23. The van der Waals surface area contributed by atoms with Crippen LogP contribution in [0.3, 0.4) is 0 Å². The van der Waals surface area contributed by atoms with Gasteiger partial charge < -0.3 is 9.73 Å². The molecule has 108 valence electrons. The van der Waals surface area contributed by atoms with Crippen LogP contribution in [0.1, 0.15) is 50.9 Å². The molecular formula is C16H28N2O. The summed E-state index contributed by atoms with van der Waals surface area (Å²) in [5, 5.41) is 3.42. The largest absolute Gasteiger partial charge is 0.468 e. The van der Waals surface area contributed by atoms with Crippen molar-refractivity contribution in [2.45, 2.75) is 52.6 Å². The smallest absolute Gasteiger partial charge is 0.122 e. The quantitative estimate of drug-likeness (QED) is 0.765. The zero-order chi connectivity index (χ0) is 13.5. The highest BCUT2D eigenvalue weighted by molar-refractivity contribution is 5.17. The average molecular weight is 264 g/mol. The summed E-state index contributed by atoms with van der Waals surface area (Å²) in [6, 6.07) is 2.13. The molecule has 0 bridgehead atoms. The van der Waals surface area contributed by atoms with Crippen molar-refractivity contribution in [2.24, 2.45) is 5.92 Å². The van der Waals surface area contributed by atoms with Gasteiger partial charge in [0.15, 0.2) is 0 Å². The molecule has 0 saturated carbocycles. The Hall–Kier alpha value is -0.800. The summed E-state index contributed by atoms with van der Waals surface area (Å²) < 4.78 is 5.61. The molecule has 19 heavy (non-hydrogen) atoms. The number of piperidine rings is 1. The number of hydrogen-bond acceptors (Lipinski definition) is 3. The normalized spacial score (nSPS) is 18.0. The van der Waals surface area contributed by atoms with Crippen molar-refractivity contribution >= 4 is 0 Å². The molecule has 0 spiro atoms. The lowest BCUT2D eigenvalue weighted by Gasteiger charge is -2.31. The van der Waals surface area contributed by atoms with Gasteiger partial charge in [-0.05, 0) is 50.9 Å². The second-order valence-electron chi connectivity index (χ2n) is 5.67. The second kappa shape index (κ2) is 7.71. The number of likely N-dealkylation sites (tertiary alicyclic amines) is 1. The molecule has 1 N–H and O–H groups in total. The first kappa shape index (κ1) is 14.6. The Balaban J connectivity index is 1.81. The van der Waals surface area contributed by atoms with E-state index in [1.165, 1.54) is 44.3 Å². The van der Waals surface area contributed by atoms with Crippen LogP contribution in [-0.2, 0) is 13.1 Å². The fourth-order valence-corrected chi connectivity index (χ4v) is 2.84. The molecule has 0 aliphatic carbocycles. The lowest BCUT2D eigenvalue weighted by atomic mass is 9.94. The van der Waals surface area contributed by atoms with Gasteiger partial charge in [-0.2, -0.15) is 0 Å². The van der Waals surface area contributed by atoms with Crippen LogP contribution in [-0.4, -0.2) is 24.5 Å². The van der Waals surface area contributed by atoms with E-state index in [-0.39, 0.29) is 0 Å². The van der Waals surface area contributed by atoms with Crippen molar-refractivity contribution in [1.29, 1.82) is 0 Å². The summed E-state index contributed by atoms with van der Waals surface area (Å²) in [6.07, 6.45) is 7.05. The Morgan fingerprint density at radius 2 is 2.11 bits per heavy atom. The van der Waals surface area contributed by atoms with Gasteiger partial charge in [-0.3, -0.25) is 4.90 Å². The fourth-order valence-electron chi connectivity index (χ4n) is 2.84. The molecule has 0 aromatic carbocycles. The van der Waals surface area contributed by atoms with E-state index in [1.807, 2.05) is 6.26 Å². The molecule has 1 aromatic heterocycles. The molecule has 3 heteroatoms. The molecule has 0 unspecified atom stereocenters. The van der Waals surface area contributed by atoms with Gasteiger partial charge in [0.1, 0.15) is 5.76 Å². The van der Waals surface area contributed by atoms with E-state index in [1.54, 1.807) is 0 Å².